The Kier molecular flexibility index (Phi) is 5.53. The highest BCUT2D eigenvalue weighted by Crippen LogP contribution is 2.34. The van der Waals surface area contributed by atoms with E-state index < -0.39 is 0 Å². The molecule has 0 N–H and O–H groups in total. The molecule has 138 valence electrons. The van der Waals surface area contributed by atoms with Crippen LogP contribution in [0, 0.1) is 6.92 Å². The van der Waals surface area contributed by atoms with Crippen molar-refractivity contribution in [3.8, 4) is 0 Å². The number of hydrogen-bond acceptors (Lipinski definition) is 1. The Morgan fingerprint density at radius 1 is 0.500 bits per heavy atom. The first kappa shape index (κ1) is 18.1. The molecule has 0 spiro atoms. The molecule has 0 unspecified atom stereocenters. The Balaban J connectivity index is 1.62. The molecule has 0 bridgehead atoms. The minimum Gasteiger partial charge on any atom is -0.310 e. The summed E-state index contributed by atoms with van der Waals surface area (Å²) >= 11 is 0. The summed E-state index contributed by atoms with van der Waals surface area (Å²) in [7, 11) is 0. The molecule has 4 aromatic rings. The van der Waals surface area contributed by atoms with Crippen molar-refractivity contribution < 1.29 is 0 Å². The summed E-state index contributed by atoms with van der Waals surface area (Å²) in [6.07, 6.45) is 2.09. The minimum absolute atomic E-state index is 1.04. The lowest BCUT2D eigenvalue weighted by Crippen LogP contribution is -2.10. The van der Waals surface area contributed by atoms with Gasteiger partial charge in [0.15, 0.2) is 0 Å². The topological polar surface area (TPSA) is 3.24 Å². The van der Waals surface area contributed by atoms with Gasteiger partial charge >= 0.3 is 0 Å². The Bertz CT molecular complexity index is 965. The first-order chi connectivity index (χ1) is 13.8. The summed E-state index contributed by atoms with van der Waals surface area (Å²) in [5.41, 5.74) is 7.59. The van der Waals surface area contributed by atoms with E-state index in [2.05, 4.69) is 121 Å². The van der Waals surface area contributed by atoms with E-state index >= 15 is 0 Å². The fourth-order valence-electron chi connectivity index (χ4n) is 3.50. The average Bonchev–Trinajstić information content (AvgIpc) is 2.75. The molecule has 0 aromatic heterocycles. The highest BCUT2D eigenvalue weighted by atomic mass is 15.1. The van der Waals surface area contributed by atoms with Crippen molar-refractivity contribution in [3.63, 3.8) is 0 Å². The number of hydrogen-bond donors (Lipinski definition) is 0. The van der Waals surface area contributed by atoms with Crippen LogP contribution in [0.25, 0.3) is 0 Å². The lowest BCUT2D eigenvalue weighted by Gasteiger charge is -2.25. The van der Waals surface area contributed by atoms with Crippen molar-refractivity contribution in [1.29, 1.82) is 0 Å². The lowest BCUT2D eigenvalue weighted by atomic mass is 10.0. The van der Waals surface area contributed by atoms with E-state index in [4.69, 9.17) is 0 Å². The molecule has 0 radical (unpaired) electrons. The molecule has 4 rings (SSSR count). The van der Waals surface area contributed by atoms with Gasteiger partial charge in [0, 0.05) is 17.1 Å². The van der Waals surface area contributed by atoms with E-state index in [1.54, 1.807) is 0 Å². The van der Waals surface area contributed by atoms with Crippen LogP contribution in [0.3, 0.4) is 0 Å². The van der Waals surface area contributed by atoms with Gasteiger partial charge in [-0.15, -0.1) is 0 Å². The van der Waals surface area contributed by atoms with Gasteiger partial charge in [-0.2, -0.15) is 0 Å². The Morgan fingerprint density at radius 3 is 1.64 bits per heavy atom. The maximum Gasteiger partial charge on any atom is 0.0464 e. The van der Waals surface area contributed by atoms with Gasteiger partial charge < -0.3 is 4.90 Å². The monoisotopic (exact) mass is 363 g/mol. The Labute approximate surface area is 167 Å². The minimum atomic E-state index is 1.04. The second-order valence-corrected chi connectivity index (χ2v) is 7.16. The van der Waals surface area contributed by atoms with Gasteiger partial charge in [0.05, 0.1) is 0 Å². The quantitative estimate of drug-likeness (QED) is 0.349. The molecule has 0 amide bonds. The third kappa shape index (κ3) is 4.32. The molecule has 0 saturated heterocycles. The van der Waals surface area contributed by atoms with Gasteiger partial charge in [-0.3, -0.25) is 0 Å². The van der Waals surface area contributed by atoms with E-state index in [-0.39, 0.29) is 0 Å². The molecule has 0 aliphatic heterocycles. The summed E-state index contributed by atoms with van der Waals surface area (Å²) in [4.78, 5) is 2.31. The van der Waals surface area contributed by atoms with Gasteiger partial charge in [-0.25, -0.2) is 0 Å². The molecular weight excluding hydrogens is 338 g/mol. The van der Waals surface area contributed by atoms with Crippen LogP contribution in [-0.4, -0.2) is 0 Å². The largest absolute Gasteiger partial charge is 0.310 e. The van der Waals surface area contributed by atoms with Crippen LogP contribution >= 0.6 is 0 Å². The number of aryl methyl sites for hydroxylation is 3. The van der Waals surface area contributed by atoms with Crippen molar-refractivity contribution in [2.24, 2.45) is 0 Å². The van der Waals surface area contributed by atoms with Crippen LogP contribution in [0.5, 0.6) is 0 Å². The second kappa shape index (κ2) is 8.58. The predicted octanol–water partition coefficient (Wildman–Crippen LogP) is 7.25. The third-order valence-corrected chi connectivity index (χ3v) is 5.02. The van der Waals surface area contributed by atoms with E-state index in [1.165, 1.54) is 33.8 Å². The third-order valence-electron chi connectivity index (χ3n) is 5.02. The van der Waals surface area contributed by atoms with Crippen LogP contribution in [0.4, 0.5) is 17.1 Å². The molecule has 0 saturated carbocycles. The van der Waals surface area contributed by atoms with E-state index in [0.717, 1.165) is 12.8 Å². The molecule has 0 heterocycles. The lowest BCUT2D eigenvalue weighted by molar-refractivity contribution is 0.958. The molecule has 1 nitrogen and oxygen atoms in total. The van der Waals surface area contributed by atoms with Crippen molar-refractivity contribution in [1.82, 2.24) is 0 Å². The maximum absolute atomic E-state index is 2.31. The summed E-state index contributed by atoms with van der Waals surface area (Å²) in [5, 5.41) is 0. The van der Waals surface area contributed by atoms with Crippen LogP contribution < -0.4 is 4.90 Å². The van der Waals surface area contributed by atoms with Gasteiger partial charge in [-0.1, -0.05) is 78.4 Å². The van der Waals surface area contributed by atoms with Gasteiger partial charge in [0.2, 0.25) is 0 Å². The fraction of sp³-hybridized carbons (Fsp3) is 0.111. The zero-order valence-electron chi connectivity index (χ0n) is 16.3. The van der Waals surface area contributed by atoms with Gasteiger partial charge in [0.1, 0.15) is 0 Å². The standard InChI is InChI=1S/C27H25N/c1-22-15-17-23(18-16-22)19-20-24-9-8-14-27(21-24)28(25-10-4-2-5-11-25)26-12-6-3-7-13-26/h2-18,21H,19-20H2,1H3. The number of benzene rings is 4. The van der Waals surface area contributed by atoms with Crippen LogP contribution in [0.1, 0.15) is 16.7 Å². The maximum atomic E-state index is 2.31. The number of nitrogens with zero attached hydrogens (tertiary/aromatic N) is 1. The molecular formula is C27H25N. The molecule has 4 aromatic carbocycles. The van der Waals surface area contributed by atoms with E-state index in [1.807, 2.05) is 0 Å². The SMILES string of the molecule is Cc1ccc(CCc2cccc(N(c3ccccc3)c3ccccc3)c2)cc1. The molecule has 28 heavy (non-hydrogen) atoms. The zero-order valence-corrected chi connectivity index (χ0v) is 16.3. The van der Waals surface area contributed by atoms with E-state index in [0.29, 0.717) is 0 Å². The summed E-state index contributed by atoms with van der Waals surface area (Å²) in [6, 6.07) is 38.9. The van der Waals surface area contributed by atoms with Crippen molar-refractivity contribution in [3.05, 3.63) is 126 Å². The molecule has 0 aliphatic rings. The normalized spacial score (nSPS) is 10.6. The van der Waals surface area contributed by atoms with Crippen LogP contribution in [0.2, 0.25) is 0 Å². The number of para-hydroxylation sites is 2. The highest BCUT2D eigenvalue weighted by Gasteiger charge is 2.12. The summed E-state index contributed by atoms with van der Waals surface area (Å²) < 4.78 is 0. The number of anilines is 3. The van der Waals surface area contributed by atoms with E-state index in [9.17, 15) is 0 Å². The van der Waals surface area contributed by atoms with Gasteiger partial charge in [0.25, 0.3) is 0 Å². The summed E-state index contributed by atoms with van der Waals surface area (Å²) in [6.45, 7) is 2.13. The molecule has 0 atom stereocenters. The Morgan fingerprint density at radius 2 is 1.04 bits per heavy atom. The van der Waals surface area contributed by atoms with Crippen molar-refractivity contribution >= 4 is 17.1 Å². The first-order valence-electron chi connectivity index (χ1n) is 9.84. The van der Waals surface area contributed by atoms with Crippen molar-refractivity contribution in [2.45, 2.75) is 19.8 Å². The van der Waals surface area contributed by atoms with Crippen LogP contribution in [-0.2, 0) is 12.8 Å². The highest BCUT2D eigenvalue weighted by molar-refractivity contribution is 5.76. The smallest absolute Gasteiger partial charge is 0.0464 e. The second-order valence-electron chi connectivity index (χ2n) is 7.16. The van der Waals surface area contributed by atoms with Gasteiger partial charge in [-0.05, 0) is 67.3 Å². The predicted molar refractivity (Wildman–Crippen MR) is 120 cm³/mol. The molecule has 0 aliphatic carbocycles. The first-order valence-corrected chi connectivity index (χ1v) is 9.84. The van der Waals surface area contributed by atoms with Crippen LogP contribution in [0.15, 0.2) is 109 Å². The molecule has 1 heteroatoms. The summed E-state index contributed by atoms with van der Waals surface area (Å²) in [5.74, 6) is 0. The molecule has 0 fully saturated rings. The Hall–Kier alpha value is -3.32. The van der Waals surface area contributed by atoms with Crippen molar-refractivity contribution in [2.75, 3.05) is 4.90 Å². The number of rotatable bonds is 6. The fourth-order valence-corrected chi connectivity index (χ4v) is 3.50. The average molecular weight is 364 g/mol. The zero-order chi connectivity index (χ0) is 19.2.